The molecule has 2 fully saturated rings. The van der Waals surface area contributed by atoms with Crippen LogP contribution in [0.2, 0.25) is 0 Å². The predicted molar refractivity (Wildman–Crippen MR) is 101 cm³/mol. The largest absolute Gasteiger partial charge is 0.488 e. The highest BCUT2D eigenvalue weighted by molar-refractivity contribution is 5.94. The summed E-state index contributed by atoms with van der Waals surface area (Å²) in [6, 6.07) is 3.08. The molecule has 0 spiro atoms. The number of amides is 1. The molecule has 0 aromatic carbocycles. The smallest absolute Gasteiger partial charge is 0.333 e. The van der Waals surface area contributed by atoms with Crippen LogP contribution in [0.3, 0.4) is 0 Å². The molecule has 5 rings (SSSR count). The van der Waals surface area contributed by atoms with Crippen molar-refractivity contribution < 1.29 is 22.7 Å². The van der Waals surface area contributed by atoms with E-state index in [1.54, 1.807) is 0 Å². The van der Waals surface area contributed by atoms with Gasteiger partial charge in [-0.1, -0.05) is 0 Å². The molecule has 2 N–H and O–H groups in total. The van der Waals surface area contributed by atoms with E-state index in [-0.39, 0.29) is 40.6 Å². The van der Waals surface area contributed by atoms with Gasteiger partial charge in [0.15, 0.2) is 17.4 Å². The van der Waals surface area contributed by atoms with Crippen LogP contribution in [-0.2, 0) is 4.79 Å². The fraction of sp³-hybridized carbons (Fsp3) is 0.421. The summed E-state index contributed by atoms with van der Waals surface area (Å²) in [6.45, 7) is -1.67. The third-order valence-corrected chi connectivity index (χ3v) is 5.35. The van der Waals surface area contributed by atoms with E-state index in [1.807, 2.05) is 0 Å². The zero-order valence-corrected chi connectivity index (χ0v) is 15.8. The van der Waals surface area contributed by atoms with Gasteiger partial charge < -0.3 is 15.4 Å². The van der Waals surface area contributed by atoms with Gasteiger partial charge >= 0.3 is 6.55 Å². The van der Waals surface area contributed by atoms with Crippen molar-refractivity contribution in [3.63, 3.8) is 0 Å². The number of nitrogens with zero attached hydrogens (tertiary/aromatic N) is 4. The van der Waals surface area contributed by atoms with E-state index in [0.29, 0.717) is 16.9 Å². The molecule has 30 heavy (non-hydrogen) atoms. The van der Waals surface area contributed by atoms with Crippen LogP contribution >= 0.6 is 0 Å². The average molecular weight is 420 g/mol. The molecule has 3 aromatic rings. The van der Waals surface area contributed by atoms with Gasteiger partial charge in [0.05, 0.1) is 6.20 Å². The maximum Gasteiger partial charge on any atom is 0.333 e. The van der Waals surface area contributed by atoms with E-state index >= 15 is 0 Å². The topological polar surface area (TPSA) is 85.5 Å². The van der Waals surface area contributed by atoms with Crippen molar-refractivity contribution in [3.8, 4) is 17.0 Å². The zero-order valence-electron chi connectivity index (χ0n) is 15.8. The first-order chi connectivity index (χ1) is 14.5. The Kier molecular flexibility index (Phi) is 4.61. The summed E-state index contributed by atoms with van der Waals surface area (Å²) in [4.78, 5) is 11.9. The van der Waals surface area contributed by atoms with Crippen LogP contribution < -0.4 is 15.4 Å². The molecule has 2 aliphatic rings. The summed E-state index contributed by atoms with van der Waals surface area (Å²) in [7, 11) is 0. The lowest BCUT2D eigenvalue weighted by Crippen LogP contribution is -2.46. The van der Waals surface area contributed by atoms with Gasteiger partial charge in [-0.25, -0.2) is 8.91 Å². The monoisotopic (exact) mass is 420 g/mol. The maximum atomic E-state index is 14.9. The second-order valence-electron chi connectivity index (χ2n) is 7.50. The van der Waals surface area contributed by atoms with Gasteiger partial charge in [0.25, 0.3) is 0 Å². The lowest BCUT2D eigenvalue weighted by molar-refractivity contribution is -0.117. The Morgan fingerprint density at radius 3 is 2.83 bits per heavy atom. The molecular weight excluding hydrogens is 401 g/mol. The molecule has 0 bridgehead atoms. The minimum absolute atomic E-state index is 0.0484. The molecule has 1 saturated carbocycles. The molecule has 1 saturated heterocycles. The fourth-order valence-corrected chi connectivity index (χ4v) is 3.36. The van der Waals surface area contributed by atoms with Gasteiger partial charge in [0.1, 0.15) is 17.8 Å². The summed E-state index contributed by atoms with van der Waals surface area (Å²) >= 11 is 0. The van der Waals surface area contributed by atoms with Crippen LogP contribution in [0.4, 0.5) is 19.0 Å². The number of halogens is 3. The number of rotatable bonds is 7. The summed E-state index contributed by atoms with van der Waals surface area (Å²) in [5.41, 5.74) is 0.402. The zero-order chi connectivity index (χ0) is 20.8. The van der Waals surface area contributed by atoms with E-state index in [2.05, 4.69) is 20.8 Å². The van der Waals surface area contributed by atoms with Crippen LogP contribution in [0, 0.1) is 11.7 Å². The van der Waals surface area contributed by atoms with Gasteiger partial charge in [0, 0.05) is 23.7 Å². The molecule has 158 valence electrons. The van der Waals surface area contributed by atoms with Crippen molar-refractivity contribution in [1.82, 2.24) is 24.7 Å². The highest BCUT2D eigenvalue weighted by Gasteiger charge is 2.31. The second kappa shape index (κ2) is 7.31. The van der Waals surface area contributed by atoms with Crippen LogP contribution in [-0.4, -0.2) is 44.5 Å². The first kappa shape index (κ1) is 18.9. The third-order valence-electron chi connectivity index (χ3n) is 5.35. The molecule has 8 nitrogen and oxygen atoms in total. The molecule has 1 amide bonds. The fourth-order valence-electron chi connectivity index (χ4n) is 3.36. The van der Waals surface area contributed by atoms with Crippen LogP contribution in [0.5, 0.6) is 5.75 Å². The number of fused-ring (bicyclic) bond motifs is 1. The molecule has 1 atom stereocenters. The number of alkyl halides is 2. The Morgan fingerprint density at radius 1 is 1.37 bits per heavy atom. The number of anilines is 1. The van der Waals surface area contributed by atoms with Gasteiger partial charge in [-0.3, -0.25) is 4.79 Å². The molecule has 0 radical (unpaired) electrons. The first-order valence-corrected chi connectivity index (χ1v) is 9.72. The van der Waals surface area contributed by atoms with Crippen molar-refractivity contribution in [1.29, 1.82) is 0 Å². The van der Waals surface area contributed by atoms with E-state index in [1.165, 1.54) is 29.0 Å². The first-order valence-electron chi connectivity index (χ1n) is 9.72. The number of hydrogen-bond acceptors (Lipinski definition) is 5. The Balaban J connectivity index is 1.49. The maximum absolute atomic E-state index is 14.9. The van der Waals surface area contributed by atoms with Gasteiger partial charge in [-0.05, 0) is 37.9 Å². The van der Waals surface area contributed by atoms with E-state index < -0.39 is 12.4 Å². The molecular formula is C19H19F3N6O2. The normalized spacial score (nSPS) is 18.6. The number of carbonyl (C=O) groups excluding carboxylic acids is 1. The minimum atomic E-state index is -2.89. The van der Waals surface area contributed by atoms with E-state index in [4.69, 9.17) is 4.74 Å². The Labute approximate surface area is 169 Å². The number of aromatic nitrogens is 4. The van der Waals surface area contributed by atoms with E-state index in [0.717, 1.165) is 25.8 Å². The van der Waals surface area contributed by atoms with Crippen molar-refractivity contribution in [2.75, 3.05) is 18.5 Å². The summed E-state index contributed by atoms with van der Waals surface area (Å²) < 4.78 is 49.4. The molecule has 0 unspecified atom stereocenters. The summed E-state index contributed by atoms with van der Waals surface area (Å²) in [6.07, 6.45) is 5.18. The van der Waals surface area contributed by atoms with E-state index in [9.17, 15) is 18.0 Å². The van der Waals surface area contributed by atoms with Gasteiger partial charge in [0.2, 0.25) is 5.91 Å². The summed E-state index contributed by atoms with van der Waals surface area (Å²) in [5.74, 6) is -1.09. The summed E-state index contributed by atoms with van der Waals surface area (Å²) in [5, 5.41) is 13.4. The number of nitrogens with one attached hydrogen (secondary N) is 2. The van der Waals surface area contributed by atoms with Crippen molar-refractivity contribution >= 4 is 17.2 Å². The highest BCUT2D eigenvalue weighted by atomic mass is 19.3. The predicted octanol–water partition coefficient (Wildman–Crippen LogP) is 2.82. The lowest BCUT2D eigenvalue weighted by atomic mass is 10.1. The van der Waals surface area contributed by atoms with Crippen molar-refractivity contribution in [2.24, 2.45) is 5.92 Å². The quantitative estimate of drug-likeness (QED) is 0.614. The molecule has 4 heterocycles. The van der Waals surface area contributed by atoms with Crippen molar-refractivity contribution in [2.45, 2.75) is 31.9 Å². The number of pyridine rings is 1. The Bertz CT molecular complexity index is 1100. The van der Waals surface area contributed by atoms with Crippen LogP contribution in [0.1, 0.15) is 25.8 Å². The third kappa shape index (κ3) is 3.38. The highest BCUT2D eigenvalue weighted by Crippen LogP contribution is 2.35. The number of carbonyl (C=O) groups is 1. The second-order valence-corrected chi connectivity index (χ2v) is 7.50. The van der Waals surface area contributed by atoms with Crippen LogP contribution in [0.25, 0.3) is 16.8 Å². The number of hydrogen-bond donors (Lipinski definition) is 2. The SMILES string of the molecule is O=C(Nc1nn2ccc(-c3c(OC[C@H]4CCN4)cnn3C(F)F)cc2c1F)C1CC1. The lowest BCUT2D eigenvalue weighted by Gasteiger charge is -2.27. The molecule has 1 aliphatic carbocycles. The van der Waals surface area contributed by atoms with Crippen LogP contribution in [0.15, 0.2) is 24.5 Å². The standard InChI is InChI=1S/C19H19F3N6O2/c20-15-13-7-11(4-6-27(13)26-17(15)25-18(29)10-1-2-10)16-14(8-24-28(16)19(21)22)30-9-12-3-5-23-12/h4,6-8,10,12,19,23H,1-3,5,9H2,(H,25,26,29)/t12-/m1/s1. The average Bonchev–Trinajstić information content (AvgIpc) is 3.39. The van der Waals surface area contributed by atoms with Gasteiger partial charge in [-0.2, -0.15) is 18.6 Å². The molecule has 3 aromatic heterocycles. The Hall–Kier alpha value is -3.08. The molecule has 1 aliphatic heterocycles. The van der Waals surface area contributed by atoms with Gasteiger partial charge in [-0.15, -0.1) is 5.10 Å². The Morgan fingerprint density at radius 2 is 2.17 bits per heavy atom. The minimum Gasteiger partial charge on any atom is -0.488 e. The van der Waals surface area contributed by atoms with Crippen molar-refractivity contribution in [3.05, 3.63) is 30.3 Å². The molecule has 11 heteroatoms. The number of ether oxygens (including phenoxy) is 1.